The summed E-state index contributed by atoms with van der Waals surface area (Å²) in [6, 6.07) is 20.3. The number of hydrogen-bond acceptors (Lipinski definition) is 6. The maximum atomic E-state index is 12.8. The van der Waals surface area contributed by atoms with Gasteiger partial charge in [-0.2, -0.15) is 0 Å². The van der Waals surface area contributed by atoms with Crippen molar-refractivity contribution in [2.45, 2.75) is 6.92 Å². The second-order valence-corrected chi connectivity index (χ2v) is 8.16. The maximum Gasteiger partial charge on any atom is 0.355 e. The van der Waals surface area contributed by atoms with Gasteiger partial charge in [-0.3, -0.25) is 4.99 Å². The molecule has 0 aliphatic rings. The normalized spacial score (nSPS) is 11.1. The molecule has 0 radical (unpaired) electrons. The summed E-state index contributed by atoms with van der Waals surface area (Å²) in [6.07, 6.45) is 1.71. The lowest BCUT2D eigenvalue weighted by Gasteiger charge is -2.09. The second-order valence-electron chi connectivity index (χ2n) is 6.73. The first kappa shape index (κ1) is 21.9. The Labute approximate surface area is 194 Å². The standard InChI is InChI=1S/C25H20ClNO4S/c1-3-30-18-11-9-17(10-12-18)27-15-16-8-13-20(21(14-16)29-2)31-25(28)24-23(26)19-6-4-5-7-22(19)32-24/h4-15H,3H2,1-2H3. The van der Waals surface area contributed by atoms with E-state index in [2.05, 4.69) is 4.99 Å². The lowest BCUT2D eigenvalue weighted by Crippen LogP contribution is -2.08. The van der Waals surface area contributed by atoms with Crippen molar-refractivity contribution in [2.24, 2.45) is 4.99 Å². The molecule has 0 unspecified atom stereocenters. The first-order valence-corrected chi connectivity index (χ1v) is 11.1. The number of methoxy groups -OCH3 is 1. The molecular weight excluding hydrogens is 446 g/mol. The number of thiophene rings is 1. The Bertz CT molecular complexity index is 1280. The van der Waals surface area contributed by atoms with Gasteiger partial charge >= 0.3 is 5.97 Å². The highest BCUT2D eigenvalue weighted by Crippen LogP contribution is 2.37. The van der Waals surface area contributed by atoms with Gasteiger partial charge in [-0.15, -0.1) is 11.3 Å². The van der Waals surface area contributed by atoms with E-state index in [0.717, 1.165) is 27.1 Å². The summed E-state index contributed by atoms with van der Waals surface area (Å²) in [6.45, 7) is 2.56. The van der Waals surface area contributed by atoms with Gasteiger partial charge in [-0.1, -0.05) is 29.8 Å². The molecule has 5 nitrogen and oxygen atoms in total. The molecule has 0 fully saturated rings. The van der Waals surface area contributed by atoms with Gasteiger partial charge in [-0.05, 0) is 61.0 Å². The number of carbonyl (C=O) groups is 1. The highest BCUT2D eigenvalue weighted by atomic mass is 35.5. The molecule has 0 amide bonds. The van der Waals surface area contributed by atoms with Crippen molar-refractivity contribution >= 4 is 50.9 Å². The Morgan fingerprint density at radius 1 is 1.06 bits per heavy atom. The van der Waals surface area contributed by atoms with Gasteiger partial charge in [0, 0.05) is 16.3 Å². The lowest BCUT2D eigenvalue weighted by atomic mass is 10.2. The van der Waals surface area contributed by atoms with Gasteiger partial charge in [0.1, 0.15) is 10.6 Å². The van der Waals surface area contributed by atoms with Crippen LogP contribution in [0.15, 0.2) is 71.7 Å². The third kappa shape index (κ3) is 4.77. The fraction of sp³-hybridized carbons (Fsp3) is 0.120. The molecule has 162 valence electrons. The number of aliphatic imine (C=N–C) groups is 1. The van der Waals surface area contributed by atoms with Crippen molar-refractivity contribution in [3.8, 4) is 17.2 Å². The molecule has 0 aliphatic heterocycles. The van der Waals surface area contributed by atoms with E-state index in [0.29, 0.717) is 28.0 Å². The largest absolute Gasteiger partial charge is 0.494 e. The average molecular weight is 466 g/mol. The van der Waals surface area contributed by atoms with Crippen LogP contribution in [-0.4, -0.2) is 25.9 Å². The molecule has 0 spiro atoms. The molecule has 4 rings (SSSR count). The van der Waals surface area contributed by atoms with Crippen LogP contribution in [0.4, 0.5) is 5.69 Å². The number of benzene rings is 3. The number of ether oxygens (including phenoxy) is 3. The van der Waals surface area contributed by atoms with E-state index in [1.807, 2.05) is 55.5 Å². The molecule has 0 atom stereocenters. The summed E-state index contributed by atoms with van der Waals surface area (Å²) in [5.41, 5.74) is 1.60. The molecule has 3 aromatic carbocycles. The summed E-state index contributed by atoms with van der Waals surface area (Å²) < 4.78 is 17.4. The zero-order chi connectivity index (χ0) is 22.5. The van der Waals surface area contributed by atoms with E-state index in [4.69, 9.17) is 25.8 Å². The van der Waals surface area contributed by atoms with Gasteiger partial charge in [0.2, 0.25) is 0 Å². The number of rotatable bonds is 7. The lowest BCUT2D eigenvalue weighted by molar-refractivity contribution is 0.0735. The van der Waals surface area contributed by atoms with Crippen LogP contribution in [0.3, 0.4) is 0 Å². The van der Waals surface area contributed by atoms with E-state index in [1.165, 1.54) is 18.4 Å². The van der Waals surface area contributed by atoms with Gasteiger partial charge in [0.05, 0.1) is 24.4 Å². The molecular formula is C25H20ClNO4S. The van der Waals surface area contributed by atoms with Crippen molar-refractivity contribution in [3.63, 3.8) is 0 Å². The fourth-order valence-corrected chi connectivity index (χ4v) is 4.47. The third-order valence-electron chi connectivity index (χ3n) is 4.62. The number of fused-ring (bicyclic) bond motifs is 1. The van der Waals surface area contributed by atoms with Crippen LogP contribution in [0.5, 0.6) is 17.2 Å². The summed E-state index contributed by atoms with van der Waals surface area (Å²) in [5, 5.41) is 1.23. The van der Waals surface area contributed by atoms with Crippen LogP contribution in [0.25, 0.3) is 10.1 Å². The molecule has 0 saturated heterocycles. The van der Waals surface area contributed by atoms with Gasteiger partial charge in [0.15, 0.2) is 11.5 Å². The molecule has 0 bridgehead atoms. The molecule has 1 aromatic heterocycles. The Morgan fingerprint density at radius 2 is 1.84 bits per heavy atom. The maximum absolute atomic E-state index is 12.8. The van der Waals surface area contributed by atoms with Crippen molar-refractivity contribution < 1.29 is 19.0 Å². The van der Waals surface area contributed by atoms with Crippen LogP contribution < -0.4 is 14.2 Å². The molecule has 7 heteroatoms. The number of halogens is 1. The summed E-state index contributed by atoms with van der Waals surface area (Å²) in [5.74, 6) is 1.01. The zero-order valence-corrected chi connectivity index (χ0v) is 19.1. The van der Waals surface area contributed by atoms with Crippen LogP contribution in [0.1, 0.15) is 22.2 Å². The highest BCUT2D eigenvalue weighted by Gasteiger charge is 2.20. The minimum absolute atomic E-state index is 0.309. The smallest absolute Gasteiger partial charge is 0.355 e. The molecule has 0 saturated carbocycles. The summed E-state index contributed by atoms with van der Waals surface area (Å²) >= 11 is 7.70. The zero-order valence-electron chi connectivity index (χ0n) is 17.5. The van der Waals surface area contributed by atoms with Gasteiger partial charge < -0.3 is 14.2 Å². The Hall–Kier alpha value is -3.35. The van der Waals surface area contributed by atoms with Crippen molar-refractivity contribution in [1.82, 2.24) is 0 Å². The number of carbonyl (C=O) groups excluding carboxylic acids is 1. The number of hydrogen-bond donors (Lipinski definition) is 0. The highest BCUT2D eigenvalue weighted by molar-refractivity contribution is 7.21. The molecule has 1 heterocycles. The van der Waals surface area contributed by atoms with Gasteiger partial charge in [0.25, 0.3) is 0 Å². The van der Waals surface area contributed by atoms with Gasteiger partial charge in [-0.25, -0.2) is 4.79 Å². The van der Waals surface area contributed by atoms with Crippen molar-refractivity contribution in [1.29, 1.82) is 0 Å². The second kappa shape index (κ2) is 9.85. The van der Waals surface area contributed by atoms with Crippen LogP contribution in [-0.2, 0) is 0 Å². The van der Waals surface area contributed by atoms with Crippen molar-refractivity contribution in [2.75, 3.05) is 13.7 Å². The first-order valence-electron chi connectivity index (χ1n) is 9.93. The SMILES string of the molecule is CCOc1ccc(N=Cc2ccc(OC(=O)c3sc4ccccc4c3Cl)c(OC)c2)cc1. The fourth-order valence-electron chi connectivity index (χ4n) is 3.08. The first-order chi connectivity index (χ1) is 15.6. The molecule has 0 N–H and O–H groups in total. The average Bonchev–Trinajstić information content (AvgIpc) is 3.16. The van der Waals surface area contributed by atoms with Crippen LogP contribution in [0.2, 0.25) is 5.02 Å². The minimum Gasteiger partial charge on any atom is -0.494 e. The number of nitrogens with zero attached hydrogens (tertiary/aromatic N) is 1. The van der Waals surface area contributed by atoms with E-state index in [9.17, 15) is 4.79 Å². The van der Waals surface area contributed by atoms with Crippen LogP contribution >= 0.6 is 22.9 Å². The topological polar surface area (TPSA) is 57.1 Å². The summed E-state index contributed by atoms with van der Waals surface area (Å²) in [4.78, 5) is 17.6. The summed E-state index contributed by atoms with van der Waals surface area (Å²) in [7, 11) is 1.52. The predicted molar refractivity (Wildman–Crippen MR) is 130 cm³/mol. The monoisotopic (exact) mass is 465 g/mol. The van der Waals surface area contributed by atoms with E-state index < -0.39 is 5.97 Å². The Morgan fingerprint density at radius 3 is 2.56 bits per heavy atom. The Kier molecular flexibility index (Phi) is 6.73. The Balaban J connectivity index is 1.51. The van der Waals surface area contributed by atoms with E-state index >= 15 is 0 Å². The predicted octanol–water partition coefficient (Wildman–Crippen LogP) is 6.93. The third-order valence-corrected chi connectivity index (χ3v) is 6.28. The molecule has 4 aromatic rings. The van der Waals surface area contributed by atoms with E-state index in [-0.39, 0.29) is 0 Å². The molecule has 0 aliphatic carbocycles. The number of esters is 1. The quantitative estimate of drug-likeness (QED) is 0.169. The molecule has 32 heavy (non-hydrogen) atoms. The van der Waals surface area contributed by atoms with E-state index in [1.54, 1.807) is 24.4 Å². The van der Waals surface area contributed by atoms with Crippen molar-refractivity contribution in [3.05, 3.63) is 82.2 Å². The minimum atomic E-state index is -0.523. The van der Waals surface area contributed by atoms with Crippen LogP contribution in [0, 0.1) is 0 Å².